The summed E-state index contributed by atoms with van der Waals surface area (Å²) >= 11 is 0. The predicted molar refractivity (Wildman–Crippen MR) is 83.5 cm³/mol. The van der Waals surface area contributed by atoms with Gasteiger partial charge in [-0.3, -0.25) is 5.10 Å². The van der Waals surface area contributed by atoms with Crippen molar-refractivity contribution >= 4 is 0 Å². The topological polar surface area (TPSA) is 45.1 Å². The number of nitrogens with zero attached hydrogens (tertiary/aromatic N) is 2. The number of nitrogens with one attached hydrogen (secondary N) is 1. The van der Waals surface area contributed by atoms with Gasteiger partial charge in [-0.2, -0.15) is 5.10 Å². The van der Waals surface area contributed by atoms with Gasteiger partial charge in [0.2, 0.25) is 0 Å². The van der Waals surface area contributed by atoms with E-state index in [2.05, 4.69) is 40.2 Å². The van der Waals surface area contributed by atoms with Gasteiger partial charge in [-0.05, 0) is 64.0 Å². The Morgan fingerprint density at radius 2 is 2.14 bits per heavy atom. The van der Waals surface area contributed by atoms with Crippen LogP contribution < -0.4 is 0 Å². The molecule has 2 aromatic heterocycles. The third-order valence-corrected chi connectivity index (χ3v) is 4.67. The van der Waals surface area contributed by atoms with Gasteiger partial charge in [0, 0.05) is 23.7 Å². The molecule has 1 aliphatic heterocycles. The quantitative estimate of drug-likeness (QED) is 0.912. The van der Waals surface area contributed by atoms with Crippen LogP contribution in [0, 0.1) is 6.92 Å². The monoisotopic (exact) mass is 287 g/mol. The lowest BCUT2D eigenvalue weighted by Crippen LogP contribution is -2.34. The normalized spacial score (nSPS) is 19.0. The Morgan fingerprint density at radius 1 is 1.33 bits per heavy atom. The van der Waals surface area contributed by atoms with E-state index in [1.165, 1.54) is 38.0 Å². The second kappa shape index (κ2) is 6.48. The first kappa shape index (κ1) is 14.4. The van der Waals surface area contributed by atoms with Crippen LogP contribution in [0.2, 0.25) is 0 Å². The van der Waals surface area contributed by atoms with Crippen LogP contribution in [-0.2, 0) is 0 Å². The van der Waals surface area contributed by atoms with E-state index < -0.39 is 0 Å². The van der Waals surface area contributed by atoms with Gasteiger partial charge in [0.15, 0.2) is 0 Å². The maximum atomic E-state index is 5.72. The van der Waals surface area contributed by atoms with Gasteiger partial charge in [0.05, 0.1) is 0 Å². The number of furan rings is 1. The molecule has 0 unspecified atom stereocenters. The molecule has 0 saturated carbocycles. The molecule has 1 aliphatic rings. The molecule has 0 spiro atoms. The van der Waals surface area contributed by atoms with Crippen LogP contribution in [0.4, 0.5) is 0 Å². The number of H-pyrrole nitrogens is 1. The fraction of sp³-hybridized carbons (Fsp3) is 0.588. The second-order valence-corrected chi connectivity index (χ2v) is 6.27. The molecule has 21 heavy (non-hydrogen) atoms. The van der Waals surface area contributed by atoms with Crippen molar-refractivity contribution in [2.45, 2.75) is 44.9 Å². The number of aromatic amines is 1. The van der Waals surface area contributed by atoms with Crippen molar-refractivity contribution in [1.82, 2.24) is 15.1 Å². The molecule has 3 heterocycles. The smallest absolute Gasteiger partial charge is 0.107 e. The average molecular weight is 287 g/mol. The molecule has 0 aliphatic carbocycles. The van der Waals surface area contributed by atoms with Crippen LogP contribution in [0.25, 0.3) is 0 Å². The van der Waals surface area contributed by atoms with Crippen LogP contribution in [0.15, 0.2) is 28.8 Å². The maximum absolute atomic E-state index is 5.72. The first-order chi connectivity index (χ1) is 10.2. The minimum Gasteiger partial charge on any atom is -0.466 e. The molecule has 1 atom stereocenters. The molecule has 1 saturated heterocycles. The Bertz CT molecular complexity index is 538. The Kier molecular flexibility index (Phi) is 4.44. The molecule has 1 N–H and O–H groups in total. The lowest BCUT2D eigenvalue weighted by molar-refractivity contribution is 0.203. The zero-order valence-electron chi connectivity index (χ0n) is 13.0. The molecular formula is C17H25N3O. The summed E-state index contributed by atoms with van der Waals surface area (Å²) < 4.78 is 5.72. The van der Waals surface area contributed by atoms with E-state index in [0.717, 1.165) is 18.1 Å². The number of aromatic nitrogens is 2. The fourth-order valence-electron chi connectivity index (χ4n) is 3.20. The van der Waals surface area contributed by atoms with E-state index in [4.69, 9.17) is 4.42 Å². The summed E-state index contributed by atoms with van der Waals surface area (Å²) in [6.07, 6.45) is 5.49. The molecule has 2 aromatic rings. The maximum Gasteiger partial charge on any atom is 0.107 e. The fourth-order valence-corrected chi connectivity index (χ4v) is 3.20. The lowest BCUT2D eigenvalue weighted by atomic mass is 9.93. The lowest BCUT2D eigenvalue weighted by Gasteiger charge is -2.31. The standard InChI is InChI=1S/C17H25N3O/c1-13(17-4-3-14(2)21-17)6-10-20-11-7-15(8-12-20)16-5-9-18-19-16/h3-5,9,13,15H,6-8,10-12H2,1-2H3,(H,18,19)/t13-/m1/s1. The molecule has 4 heteroatoms. The largest absolute Gasteiger partial charge is 0.466 e. The molecule has 1 fully saturated rings. The van der Waals surface area contributed by atoms with Gasteiger partial charge in [-0.15, -0.1) is 0 Å². The highest BCUT2D eigenvalue weighted by Gasteiger charge is 2.22. The van der Waals surface area contributed by atoms with Gasteiger partial charge in [0.25, 0.3) is 0 Å². The third-order valence-electron chi connectivity index (χ3n) is 4.67. The van der Waals surface area contributed by atoms with E-state index in [-0.39, 0.29) is 0 Å². The van der Waals surface area contributed by atoms with Crippen LogP contribution in [-0.4, -0.2) is 34.7 Å². The number of likely N-dealkylation sites (tertiary alicyclic amines) is 1. The van der Waals surface area contributed by atoms with Gasteiger partial charge in [-0.1, -0.05) is 6.92 Å². The van der Waals surface area contributed by atoms with Crippen molar-refractivity contribution in [3.05, 3.63) is 41.6 Å². The molecule has 0 bridgehead atoms. The van der Waals surface area contributed by atoms with Gasteiger partial charge in [-0.25, -0.2) is 0 Å². The number of aryl methyl sites for hydroxylation is 1. The SMILES string of the molecule is Cc1ccc([C@H](C)CCN2CCC(c3ccn[nH]3)CC2)o1. The molecule has 3 rings (SSSR count). The zero-order valence-corrected chi connectivity index (χ0v) is 13.0. The molecule has 4 nitrogen and oxygen atoms in total. The van der Waals surface area contributed by atoms with Crippen molar-refractivity contribution < 1.29 is 4.42 Å². The minimum absolute atomic E-state index is 0.504. The highest BCUT2D eigenvalue weighted by Crippen LogP contribution is 2.27. The Morgan fingerprint density at radius 3 is 2.76 bits per heavy atom. The number of hydrogen-bond donors (Lipinski definition) is 1. The van der Waals surface area contributed by atoms with Crippen molar-refractivity contribution in [3.8, 4) is 0 Å². The zero-order chi connectivity index (χ0) is 14.7. The van der Waals surface area contributed by atoms with Gasteiger partial charge in [0.1, 0.15) is 11.5 Å². The Labute approximate surface area is 126 Å². The molecular weight excluding hydrogens is 262 g/mol. The summed E-state index contributed by atoms with van der Waals surface area (Å²) in [5, 5.41) is 7.18. The molecule has 0 amide bonds. The van der Waals surface area contributed by atoms with Crippen LogP contribution in [0.5, 0.6) is 0 Å². The summed E-state index contributed by atoms with van der Waals surface area (Å²) in [4.78, 5) is 2.58. The van der Waals surface area contributed by atoms with Crippen molar-refractivity contribution in [2.24, 2.45) is 0 Å². The first-order valence-corrected chi connectivity index (χ1v) is 8.00. The van der Waals surface area contributed by atoms with Crippen molar-refractivity contribution in [1.29, 1.82) is 0 Å². The van der Waals surface area contributed by atoms with Gasteiger partial charge >= 0.3 is 0 Å². The summed E-state index contributed by atoms with van der Waals surface area (Å²) in [5.74, 6) is 3.30. The van der Waals surface area contributed by atoms with Gasteiger partial charge < -0.3 is 9.32 Å². The number of rotatable bonds is 5. The highest BCUT2D eigenvalue weighted by atomic mass is 16.3. The first-order valence-electron chi connectivity index (χ1n) is 8.00. The average Bonchev–Trinajstić information content (AvgIpc) is 3.16. The van der Waals surface area contributed by atoms with E-state index in [1.807, 2.05) is 13.1 Å². The van der Waals surface area contributed by atoms with E-state index in [1.54, 1.807) is 0 Å². The molecule has 114 valence electrons. The van der Waals surface area contributed by atoms with Crippen molar-refractivity contribution in [3.63, 3.8) is 0 Å². The summed E-state index contributed by atoms with van der Waals surface area (Å²) in [5.41, 5.74) is 1.30. The van der Waals surface area contributed by atoms with E-state index in [0.29, 0.717) is 11.8 Å². The summed E-state index contributed by atoms with van der Waals surface area (Å²) in [7, 11) is 0. The Balaban J connectivity index is 1.43. The van der Waals surface area contributed by atoms with E-state index in [9.17, 15) is 0 Å². The number of piperidine rings is 1. The summed E-state index contributed by atoms with van der Waals surface area (Å²) in [6, 6.07) is 6.29. The second-order valence-electron chi connectivity index (χ2n) is 6.27. The van der Waals surface area contributed by atoms with Crippen LogP contribution >= 0.6 is 0 Å². The Hall–Kier alpha value is -1.55. The highest BCUT2D eigenvalue weighted by molar-refractivity contribution is 5.10. The van der Waals surface area contributed by atoms with Crippen LogP contribution in [0.3, 0.4) is 0 Å². The molecule has 0 aromatic carbocycles. The van der Waals surface area contributed by atoms with E-state index >= 15 is 0 Å². The summed E-state index contributed by atoms with van der Waals surface area (Å²) in [6.45, 7) is 7.81. The van der Waals surface area contributed by atoms with Crippen LogP contribution in [0.1, 0.15) is 55.2 Å². The predicted octanol–water partition coefficient (Wildman–Crippen LogP) is 3.68. The molecule has 0 radical (unpaired) electrons. The third kappa shape index (κ3) is 3.56. The number of hydrogen-bond acceptors (Lipinski definition) is 3. The minimum atomic E-state index is 0.504. The van der Waals surface area contributed by atoms with Crippen molar-refractivity contribution in [2.75, 3.05) is 19.6 Å².